The molecule has 1 aromatic carbocycles. The van der Waals surface area contributed by atoms with Crippen LogP contribution in [0, 0.1) is 0 Å². The summed E-state index contributed by atoms with van der Waals surface area (Å²) in [7, 11) is -3.79. The first-order chi connectivity index (χ1) is 9.77. The third kappa shape index (κ3) is 3.40. The number of hydrogen-bond donors (Lipinski definition) is 4. The molecule has 2 aromatic rings. The van der Waals surface area contributed by atoms with Gasteiger partial charge in [-0.2, -0.15) is 5.11 Å². The maximum absolute atomic E-state index is 11.5. The molecule has 0 spiro atoms. The van der Waals surface area contributed by atoms with Crippen LogP contribution in [0.25, 0.3) is 0 Å². The number of benzene rings is 1. The van der Waals surface area contributed by atoms with Crippen molar-refractivity contribution in [3.05, 3.63) is 45.1 Å². The maximum Gasteiger partial charge on any atom is 0.327 e. The fourth-order valence-corrected chi connectivity index (χ4v) is 1.92. The topological polar surface area (TPSA) is 177 Å². The number of aromatic nitrogens is 2. The van der Waals surface area contributed by atoms with Crippen LogP contribution >= 0.6 is 0 Å². The molecule has 0 saturated carbocycles. The highest BCUT2D eigenvalue weighted by atomic mass is 32.2. The highest BCUT2D eigenvalue weighted by Gasteiger charge is 2.07. The first kappa shape index (κ1) is 14.6. The van der Waals surface area contributed by atoms with Crippen LogP contribution in [0.15, 0.2) is 49.0 Å². The minimum Gasteiger partial charge on any atom is -0.383 e. The van der Waals surface area contributed by atoms with Gasteiger partial charge in [-0.3, -0.25) is 14.8 Å². The zero-order valence-electron chi connectivity index (χ0n) is 10.4. The number of nitrogens with one attached hydrogen (secondary N) is 2. The highest BCUT2D eigenvalue weighted by molar-refractivity contribution is 7.89. The summed E-state index contributed by atoms with van der Waals surface area (Å²) in [6, 6.07) is 5.17. The Balaban J connectivity index is 2.35. The van der Waals surface area contributed by atoms with Gasteiger partial charge in [-0.1, -0.05) is 0 Å². The predicted octanol–water partition coefficient (Wildman–Crippen LogP) is -0.292. The monoisotopic (exact) mass is 310 g/mol. The molecule has 0 bridgehead atoms. The maximum atomic E-state index is 11.5. The average molecular weight is 310 g/mol. The van der Waals surface area contributed by atoms with Gasteiger partial charge in [-0.25, -0.2) is 18.4 Å². The highest BCUT2D eigenvalue weighted by Crippen LogP contribution is 2.19. The number of anilines is 1. The average Bonchev–Trinajstić information content (AvgIpc) is 2.37. The van der Waals surface area contributed by atoms with E-state index in [1.54, 1.807) is 0 Å². The minimum atomic E-state index is -3.79. The number of hydrogen-bond acceptors (Lipinski definition) is 7. The van der Waals surface area contributed by atoms with E-state index in [9.17, 15) is 18.0 Å². The summed E-state index contributed by atoms with van der Waals surface area (Å²) >= 11 is 0. The fraction of sp³-hybridized carbons (Fsp3) is 0. The molecule has 6 N–H and O–H groups in total. The summed E-state index contributed by atoms with van der Waals surface area (Å²) < 4.78 is 22.1. The lowest BCUT2D eigenvalue weighted by atomic mass is 10.3. The molecule has 11 heteroatoms. The molecule has 2 rings (SSSR count). The second-order valence-electron chi connectivity index (χ2n) is 3.91. The quantitative estimate of drug-likeness (QED) is 0.568. The van der Waals surface area contributed by atoms with Crippen LogP contribution in [0.3, 0.4) is 0 Å². The Morgan fingerprint density at radius 2 is 1.62 bits per heavy atom. The van der Waals surface area contributed by atoms with Crippen LogP contribution in [0.2, 0.25) is 0 Å². The lowest BCUT2D eigenvalue weighted by Gasteiger charge is -1.98. The summed E-state index contributed by atoms with van der Waals surface area (Å²) in [6.07, 6.45) is 0. The van der Waals surface area contributed by atoms with Crippen LogP contribution in [0.5, 0.6) is 0 Å². The molecule has 0 aliphatic carbocycles. The summed E-state index contributed by atoms with van der Waals surface area (Å²) in [6.45, 7) is 0. The summed E-state index contributed by atoms with van der Waals surface area (Å²) in [5.74, 6) is -0.228. The van der Waals surface area contributed by atoms with Gasteiger partial charge < -0.3 is 5.73 Å². The van der Waals surface area contributed by atoms with Gasteiger partial charge in [0, 0.05) is 0 Å². The SMILES string of the molecule is Nc1[nH]c(=O)[nH]c(=O)c1N=Nc1ccc(S(N)(=O)=O)cc1. The second kappa shape index (κ2) is 5.30. The van der Waals surface area contributed by atoms with Crippen LogP contribution in [-0.2, 0) is 10.0 Å². The molecule has 0 fully saturated rings. The number of azo groups is 1. The third-order valence-electron chi connectivity index (χ3n) is 2.38. The van der Waals surface area contributed by atoms with E-state index in [-0.39, 0.29) is 22.1 Å². The number of rotatable bonds is 3. The number of nitrogen functional groups attached to an aromatic ring is 1. The number of nitrogens with two attached hydrogens (primary N) is 2. The summed E-state index contributed by atoms with van der Waals surface area (Å²) in [4.78, 5) is 26.4. The van der Waals surface area contributed by atoms with E-state index in [1.807, 2.05) is 4.98 Å². The molecule has 21 heavy (non-hydrogen) atoms. The molecular weight excluding hydrogens is 300 g/mol. The molecule has 0 aliphatic heterocycles. The molecule has 0 unspecified atom stereocenters. The van der Waals surface area contributed by atoms with Crippen molar-refractivity contribution in [1.29, 1.82) is 0 Å². The Hall–Kier alpha value is -2.79. The molecule has 0 radical (unpaired) electrons. The van der Waals surface area contributed by atoms with E-state index in [0.29, 0.717) is 0 Å². The van der Waals surface area contributed by atoms with E-state index >= 15 is 0 Å². The van der Waals surface area contributed by atoms with Crippen molar-refractivity contribution < 1.29 is 8.42 Å². The van der Waals surface area contributed by atoms with E-state index in [2.05, 4.69) is 15.2 Å². The van der Waals surface area contributed by atoms with Crippen LogP contribution in [0.1, 0.15) is 0 Å². The van der Waals surface area contributed by atoms with Gasteiger partial charge in [0.05, 0.1) is 10.6 Å². The smallest absolute Gasteiger partial charge is 0.327 e. The number of H-pyrrole nitrogens is 2. The Morgan fingerprint density at radius 3 is 2.14 bits per heavy atom. The van der Waals surface area contributed by atoms with E-state index < -0.39 is 21.3 Å². The zero-order valence-corrected chi connectivity index (χ0v) is 11.2. The van der Waals surface area contributed by atoms with Crippen molar-refractivity contribution >= 4 is 27.2 Å². The van der Waals surface area contributed by atoms with Crippen molar-refractivity contribution in [1.82, 2.24) is 9.97 Å². The molecule has 110 valence electrons. The van der Waals surface area contributed by atoms with Gasteiger partial charge in [0.25, 0.3) is 5.56 Å². The largest absolute Gasteiger partial charge is 0.383 e. The van der Waals surface area contributed by atoms with Gasteiger partial charge in [0.2, 0.25) is 10.0 Å². The van der Waals surface area contributed by atoms with Gasteiger partial charge >= 0.3 is 5.69 Å². The number of sulfonamides is 1. The van der Waals surface area contributed by atoms with Gasteiger partial charge in [-0.05, 0) is 24.3 Å². The first-order valence-electron chi connectivity index (χ1n) is 5.44. The lowest BCUT2D eigenvalue weighted by Crippen LogP contribution is -2.23. The van der Waals surface area contributed by atoms with Gasteiger partial charge in [0.15, 0.2) is 5.69 Å². The fourth-order valence-electron chi connectivity index (χ4n) is 1.41. The molecule has 10 nitrogen and oxygen atoms in total. The zero-order chi connectivity index (χ0) is 15.6. The van der Waals surface area contributed by atoms with Crippen molar-refractivity contribution in [3.63, 3.8) is 0 Å². The molecule has 0 amide bonds. The van der Waals surface area contributed by atoms with Crippen molar-refractivity contribution in [2.75, 3.05) is 5.73 Å². The van der Waals surface area contributed by atoms with Crippen molar-refractivity contribution in [3.8, 4) is 0 Å². The van der Waals surface area contributed by atoms with Crippen LogP contribution < -0.4 is 22.1 Å². The molecule has 0 saturated heterocycles. The van der Waals surface area contributed by atoms with Gasteiger partial charge in [-0.15, -0.1) is 5.11 Å². The Kier molecular flexibility index (Phi) is 3.69. The second-order valence-corrected chi connectivity index (χ2v) is 5.47. The molecular formula is C10H10N6O4S. The Morgan fingerprint density at radius 1 is 1.00 bits per heavy atom. The van der Waals surface area contributed by atoms with Crippen LogP contribution in [-0.4, -0.2) is 18.4 Å². The summed E-state index contributed by atoms with van der Waals surface area (Å²) in [5, 5.41) is 12.3. The number of nitrogens with zero attached hydrogens (tertiary/aromatic N) is 2. The summed E-state index contributed by atoms with van der Waals surface area (Å²) in [5.41, 5.74) is 3.91. The van der Waals surface area contributed by atoms with Crippen molar-refractivity contribution in [2.24, 2.45) is 15.4 Å². The van der Waals surface area contributed by atoms with Crippen molar-refractivity contribution in [2.45, 2.75) is 4.90 Å². The molecule has 1 heterocycles. The first-order valence-corrected chi connectivity index (χ1v) is 6.98. The lowest BCUT2D eigenvalue weighted by molar-refractivity contribution is 0.598. The standard InChI is InChI=1S/C10H10N6O4S/c11-8-7(9(17)14-10(18)13-8)16-15-5-1-3-6(4-2-5)21(12,19)20/h1-4H,(H2,12,19,20)(H4,11,13,14,17,18). The Labute approximate surface area is 117 Å². The molecule has 0 atom stereocenters. The number of aromatic amines is 2. The Bertz CT molecular complexity index is 910. The molecule has 1 aromatic heterocycles. The molecule has 0 aliphatic rings. The number of primary sulfonamides is 1. The third-order valence-corrected chi connectivity index (χ3v) is 3.31. The van der Waals surface area contributed by atoms with E-state index in [1.165, 1.54) is 24.3 Å². The normalized spacial score (nSPS) is 11.9. The van der Waals surface area contributed by atoms with E-state index in [0.717, 1.165) is 0 Å². The van der Waals surface area contributed by atoms with E-state index in [4.69, 9.17) is 10.9 Å². The minimum absolute atomic E-state index is 0.0807. The van der Waals surface area contributed by atoms with Gasteiger partial charge in [0.1, 0.15) is 5.82 Å². The van der Waals surface area contributed by atoms with Crippen LogP contribution in [0.4, 0.5) is 17.2 Å². The predicted molar refractivity (Wildman–Crippen MR) is 74.1 cm³/mol.